The van der Waals surface area contributed by atoms with Gasteiger partial charge in [0.15, 0.2) is 5.78 Å². The van der Waals surface area contributed by atoms with Crippen LogP contribution in [0.4, 0.5) is 0 Å². The van der Waals surface area contributed by atoms with Gasteiger partial charge in [-0.05, 0) is 56.8 Å². The molecule has 2 aliphatic carbocycles. The number of rotatable bonds is 4. The summed E-state index contributed by atoms with van der Waals surface area (Å²) < 4.78 is 11.4. The SMILES string of the molecule is C=C(C(C)=O)[C@@H]1[C@@H](C)CC2=C[C@@H](C/C(C)=C/[C@H]1OC(=O)C1CCCC1)OC2=O. The minimum absolute atomic E-state index is 0.0607. The molecule has 1 aliphatic heterocycles. The van der Waals surface area contributed by atoms with Gasteiger partial charge < -0.3 is 9.47 Å². The summed E-state index contributed by atoms with van der Waals surface area (Å²) in [5.41, 5.74) is 2.04. The van der Waals surface area contributed by atoms with Gasteiger partial charge in [-0.15, -0.1) is 0 Å². The first-order chi connectivity index (χ1) is 13.3. The molecule has 4 atom stereocenters. The second kappa shape index (κ2) is 8.46. The van der Waals surface area contributed by atoms with E-state index in [4.69, 9.17) is 9.47 Å². The zero-order valence-corrected chi connectivity index (χ0v) is 17.0. The maximum absolute atomic E-state index is 12.8. The maximum Gasteiger partial charge on any atom is 0.334 e. The highest BCUT2D eigenvalue weighted by atomic mass is 16.6. The van der Waals surface area contributed by atoms with Crippen molar-refractivity contribution in [2.45, 2.75) is 71.5 Å². The van der Waals surface area contributed by atoms with Gasteiger partial charge in [-0.2, -0.15) is 0 Å². The molecule has 0 spiro atoms. The Labute approximate surface area is 166 Å². The molecule has 0 aromatic rings. The first-order valence-corrected chi connectivity index (χ1v) is 10.3. The van der Waals surface area contributed by atoms with Crippen LogP contribution in [0.5, 0.6) is 0 Å². The minimum atomic E-state index is -0.562. The summed E-state index contributed by atoms with van der Waals surface area (Å²) in [6, 6.07) is 0. The van der Waals surface area contributed by atoms with Gasteiger partial charge in [-0.3, -0.25) is 9.59 Å². The van der Waals surface area contributed by atoms with E-state index in [1.165, 1.54) is 6.92 Å². The summed E-state index contributed by atoms with van der Waals surface area (Å²) in [7, 11) is 0. The van der Waals surface area contributed by atoms with E-state index in [9.17, 15) is 14.4 Å². The van der Waals surface area contributed by atoms with Crippen molar-refractivity contribution in [1.82, 2.24) is 0 Å². The van der Waals surface area contributed by atoms with Gasteiger partial charge in [0.05, 0.1) is 5.92 Å². The second-order valence-corrected chi connectivity index (χ2v) is 8.52. The summed E-state index contributed by atoms with van der Waals surface area (Å²) in [5, 5.41) is 0. The number of ketones is 1. The molecule has 1 fully saturated rings. The fraction of sp³-hybridized carbons (Fsp3) is 0.609. The lowest BCUT2D eigenvalue weighted by Crippen LogP contribution is -2.35. The Morgan fingerprint density at radius 1 is 1.18 bits per heavy atom. The van der Waals surface area contributed by atoms with Crippen LogP contribution >= 0.6 is 0 Å². The van der Waals surface area contributed by atoms with Crippen LogP contribution < -0.4 is 0 Å². The average molecular weight is 386 g/mol. The Hall–Kier alpha value is -2.17. The fourth-order valence-corrected chi connectivity index (χ4v) is 4.63. The summed E-state index contributed by atoms with van der Waals surface area (Å²) in [5.74, 6) is -1.14. The number of Topliss-reactive ketones (excluding diaryl/α,β-unsaturated/α-hetero) is 1. The Morgan fingerprint density at radius 3 is 2.50 bits per heavy atom. The molecule has 0 radical (unpaired) electrons. The third kappa shape index (κ3) is 4.45. The van der Waals surface area contributed by atoms with Crippen molar-refractivity contribution in [3.05, 3.63) is 35.5 Å². The van der Waals surface area contributed by atoms with Gasteiger partial charge in [-0.1, -0.05) is 31.9 Å². The second-order valence-electron chi connectivity index (χ2n) is 8.52. The molecule has 5 nitrogen and oxygen atoms in total. The van der Waals surface area contributed by atoms with E-state index in [0.717, 1.165) is 31.3 Å². The van der Waals surface area contributed by atoms with Crippen molar-refractivity contribution in [2.24, 2.45) is 17.8 Å². The van der Waals surface area contributed by atoms with Crippen molar-refractivity contribution in [3.63, 3.8) is 0 Å². The number of carbonyl (C=O) groups is 3. The highest BCUT2D eigenvalue weighted by molar-refractivity contribution is 5.94. The van der Waals surface area contributed by atoms with E-state index in [2.05, 4.69) is 6.58 Å². The van der Waals surface area contributed by atoms with Gasteiger partial charge in [0.25, 0.3) is 0 Å². The van der Waals surface area contributed by atoms with Gasteiger partial charge in [-0.25, -0.2) is 4.79 Å². The van der Waals surface area contributed by atoms with E-state index < -0.39 is 6.10 Å². The Morgan fingerprint density at radius 2 is 1.86 bits per heavy atom. The van der Waals surface area contributed by atoms with E-state index in [0.29, 0.717) is 24.0 Å². The molecule has 0 aromatic carbocycles. The molecule has 1 saturated carbocycles. The van der Waals surface area contributed by atoms with Crippen LogP contribution in [0.15, 0.2) is 35.5 Å². The van der Waals surface area contributed by atoms with Gasteiger partial charge >= 0.3 is 11.9 Å². The van der Waals surface area contributed by atoms with Gasteiger partial charge in [0.1, 0.15) is 12.2 Å². The number of hydrogen-bond acceptors (Lipinski definition) is 5. The lowest BCUT2D eigenvalue weighted by atomic mass is 9.77. The van der Waals surface area contributed by atoms with Gasteiger partial charge in [0, 0.05) is 17.9 Å². The molecular formula is C23H30O5. The highest BCUT2D eigenvalue weighted by Crippen LogP contribution is 2.37. The van der Waals surface area contributed by atoms with E-state index in [-0.39, 0.29) is 41.6 Å². The number of hydrogen-bond donors (Lipinski definition) is 0. The summed E-state index contributed by atoms with van der Waals surface area (Å²) in [4.78, 5) is 37.1. The quantitative estimate of drug-likeness (QED) is 0.414. The first kappa shape index (κ1) is 20.6. The average Bonchev–Trinajstić information content (AvgIpc) is 3.24. The Bertz CT molecular complexity index is 738. The molecule has 5 heteroatoms. The molecule has 2 bridgehead atoms. The zero-order valence-electron chi connectivity index (χ0n) is 17.0. The first-order valence-electron chi connectivity index (χ1n) is 10.3. The Kier molecular flexibility index (Phi) is 6.21. The summed E-state index contributed by atoms with van der Waals surface area (Å²) >= 11 is 0. The zero-order chi connectivity index (χ0) is 20.4. The molecule has 1 heterocycles. The minimum Gasteiger partial charge on any atom is -0.457 e. The molecular weight excluding hydrogens is 356 g/mol. The molecule has 0 amide bonds. The molecule has 3 rings (SSSR count). The van der Waals surface area contributed by atoms with Crippen LogP contribution in [-0.2, 0) is 23.9 Å². The molecule has 0 aromatic heterocycles. The molecule has 3 aliphatic rings. The molecule has 0 saturated heterocycles. The summed E-state index contributed by atoms with van der Waals surface area (Å²) in [6.45, 7) is 9.41. The Balaban J connectivity index is 1.93. The van der Waals surface area contributed by atoms with Crippen LogP contribution in [0.3, 0.4) is 0 Å². The van der Waals surface area contributed by atoms with Crippen molar-refractivity contribution in [1.29, 1.82) is 0 Å². The third-order valence-corrected chi connectivity index (χ3v) is 6.18. The number of ether oxygens (including phenoxy) is 2. The number of carbonyl (C=O) groups excluding carboxylic acids is 3. The van der Waals surface area contributed by atoms with Crippen LogP contribution in [0.2, 0.25) is 0 Å². The molecule has 0 unspecified atom stereocenters. The van der Waals surface area contributed by atoms with Crippen LogP contribution in [0.25, 0.3) is 0 Å². The van der Waals surface area contributed by atoms with Crippen LogP contribution in [0, 0.1) is 17.8 Å². The van der Waals surface area contributed by atoms with E-state index >= 15 is 0 Å². The molecule has 28 heavy (non-hydrogen) atoms. The normalized spacial score (nSPS) is 32.8. The maximum atomic E-state index is 12.8. The van der Waals surface area contributed by atoms with Crippen LogP contribution in [-0.4, -0.2) is 29.9 Å². The molecule has 0 N–H and O–H groups in total. The van der Waals surface area contributed by atoms with Crippen molar-refractivity contribution in [2.75, 3.05) is 0 Å². The largest absolute Gasteiger partial charge is 0.457 e. The number of esters is 2. The third-order valence-electron chi connectivity index (χ3n) is 6.18. The van der Waals surface area contributed by atoms with Crippen molar-refractivity contribution < 1.29 is 23.9 Å². The smallest absolute Gasteiger partial charge is 0.334 e. The van der Waals surface area contributed by atoms with Crippen molar-refractivity contribution in [3.8, 4) is 0 Å². The fourth-order valence-electron chi connectivity index (χ4n) is 4.63. The van der Waals surface area contributed by atoms with E-state index in [1.54, 1.807) is 0 Å². The predicted octanol–water partition coefficient (Wildman–Crippen LogP) is 4.08. The molecule has 152 valence electrons. The lowest BCUT2D eigenvalue weighted by molar-refractivity contribution is -0.154. The van der Waals surface area contributed by atoms with E-state index in [1.807, 2.05) is 26.0 Å². The van der Waals surface area contributed by atoms with Crippen molar-refractivity contribution >= 4 is 17.7 Å². The predicted molar refractivity (Wildman–Crippen MR) is 105 cm³/mol. The number of fused-ring (bicyclic) bond motifs is 1. The van der Waals surface area contributed by atoms with Gasteiger partial charge in [0.2, 0.25) is 0 Å². The standard InChI is InChI=1S/C23H30O5/c1-13-9-19-12-18(23(26)27-19)11-14(2)21(15(3)16(4)24)20(10-13)28-22(25)17-7-5-6-8-17/h10,12,14,17,19-21H,3,5-9,11H2,1-2,4H3/b13-10+/t14-,19+,20+,21-/m0/s1. The summed E-state index contributed by atoms with van der Waals surface area (Å²) in [6.07, 6.45) is 7.82. The highest BCUT2D eigenvalue weighted by Gasteiger charge is 2.38. The lowest BCUT2D eigenvalue weighted by Gasteiger charge is -2.32. The van der Waals surface area contributed by atoms with Crippen LogP contribution in [0.1, 0.15) is 59.3 Å². The monoisotopic (exact) mass is 386 g/mol. The topological polar surface area (TPSA) is 69.7 Å².